The molecule has 0 saturated carbocycles. The standard InChI is InChI=1S/C18H20ClNO3/c1-21-17-9-14(19)7-13(18(17)22-2)10-20-15-8-12-5-3-4-6-16(12)23-11-15/h3-7,9,15,20H,8,10-11H2,1-2H3/t15-/m0/s1. The number of methoxy groups -OCH3 is 2. The molecule has 0 aliphatic carbocycles. The summed E-state index contributed by atoms with van der Waals surface area (Å²) < 4.78 is 16.6. The van der Waals surface area contributed by atoms with Crippen molar-refractivity contribution in [3.63, 3.8) is 0 Å². The van der Waals surface area contributed by atoms with E-state index >= 15 is 0 Å². The second-order valence-electron chi connectivity index (χ2n) is 5.50. The highest BCUT2D eigenvalue weighted by Gasteiger charge is 2.20. The normalized spacial score (nSPS) is 16.4. The Morgan fingerprint density at radius 3 is 2.83 bits per heavy atom. The maximum atomic E-state index is 6.16. The van der Waals surface area contributed by atoms with E-state index in [1.165, 1.54) is 5.56 Å². The molecule has 2 aromatic rings. The Bertz CT molecular complexity index is 690. The summed E-state index contributed by atoms with van der Waals surface area (Å²) in [5, 5.41) is 4.14. The summed E-state index contributed by atoms with van der Waals surface area (Å²) in [6, 6.07) is 12.0. The summed E-state index contributed by atoms with van der Waals surface area (Å²) in [5.41, 5.74) is 2.20. The van der Waals surface area contributed by atoms with E-state index in [9.17, 15) is 0 Å². The first-order valence-corrected chi connectivity index (χ1v) is 7.93. The third kappa shape index (κ3) is 3.54. The molecule has 0 aromatic heterocycles. The van der Waals surface area contributed by atoms with E-state index in [1.807, 2.05) is 24.3 Å². The first kappa shape index (κ1) is 16.0. The zero-order chi connectivity index (χ0) is 16.2. The van der Waals surface area contributed by atoms with Crippen molar-refractivity contribution in [3.8, 4) is 17.2 Å². The lowest BCUT2D eigenvalue weighted by Gasteiger charge is -2.26. The number of para-hydroxylation sites is 1. The minimum atomic E-state index is 0.250. The van der Waals surface area contributed by atoms with Crippen molar-refractivity contribution in [2.75, 3.05) is 20.8 Å². The molecule has 23 heavy (non-hydrogen) atoms. The molecule has 1 aliphatic rings. The number of ether oxygens (including phenoxy) is 3. The number of nitrogens with one attached hydrogen (secondary N) is 1. The Labute approximate surface area is 141 Å². The topological polar surface area (TPSA) is 39.7 Å². The zero-order valence-corrected chi connectivity index (χ0v) is 14.0. The largest absolute Gasteiger partial charge is 0.493 e. The van der Waals surface area contributed by atoms with E-state index in [0.29, 0.717) is 29.7 Å². The molecule has 0 unspecified atom stereocenters. The molecule has 2 aromatic carbocycles. The van der Waals surface area contributed by atoms with Crippen molar-refractivity contribution in [2.24, 2.45) is 0 Å². The van der Waals surface area contributed by atoms with Crippen molar-refractivity contribution in [1.29, 1.82) is 0 Å². The fraction of sp³-hybridized carbons (Fsp3) is 0.333. The number of rotatable bonds is 5. The van der Waals surface area contributed by atoms with E-state index in [1.54, 1.807) is 20.3 Å². The summed E-state index contributed by atoms with van der Waals surface area (Å²) >= 11 is 6.16. The SMILES string of the molecule is COc1cc(Cl)cc(CN[C@@H]2COc3ccccc3C2)c1OC. The van der Waals surface area contributed by atoms with Gasteiger partial charge in [-0.15, -0.1) is 0 Å². The monoisotopic (exact) mass is 333 g/mol. The second-order valence-corrected chi connectivity index (χ2v) is 5.94. The van der Waals surface area contributed by atoms with Crippen molar-refractivity contribution in [1.82, 2.24) is 5.32 Å². The number of hydrogen-bond donors (Lipinski definition) is 1. The first-order valence-electron chi connectivity index (χ1n) is 7.55. The quantitative estimate of drug-likeness (QED) is 0.909. The maximum Gasteiger partial charge on any atom is 0.165 e. The zero-order valence-electron chi connectivity index (χ0n) is 13.3. The third-order valence-electron chi connectivity index (χ3n) is 3.98. The predicted molar refractivity (Wildman–Crippen MR) is 90.8 cm³/mol. The molecule has 1 aliphatic heterocycles. The molecule has 4 nitrogen and oxygen atoms in total. The third-order valence-corrected chi connectivity index (χ3v) is 4.20. The van der Waals surface area contributed by atoms with Gasteiger partial charge in [-0.05, 0) is 24.1 Å². The van der Waals surface area contributed by atoms with Crippen LogP contribution in [0.3, 0.4) is 0 Å². The fourth-order valence-electron chi connectivity index (χ4n) is 2.85. The Kier molecular flexibility index (Phi) is 4.94. The molecule has 1 heterocycles. The molecule has 0 spiro atoms. The van der Waals surface area contributed by atoms with Gasteiger partial charge < -0.3 is 19.5 Å². The van der Waals surface area contributed by atoms with Crippen LogP contribution < -0.4 is 19.5 Å². The number of benzene rings is 2. The van der Waals surface area contributed by atoms with Crippen LogP contribution in [0.2, 0.25) is 5.02 Å². The highest BCUT2D eigenvalue weighted by Crippen LogP contribution is 2.34. The smallest absolute Gasteiger partial charge is 0.165 e. The van der Waals surface area contributed by atoms with Gasteiger partial charge in [0.1, 0.15) is 12.4 Å². The van der Waals surface area contributed by atoms with Crippen LogP contribution in [0.15, 0.2) is 36.4 Å². The summed E-state index contributed by atoms with van der Waals surface area (Å²) in [6.07, 6.45) is 0.941. The molecule has 0 saturated heterocycles. The van der Waals surface area contributed by atoms with Gasteiger partial charge in [-0.2, -0.15) is 0 Å². The molecule has 0 fully saturated rings. The van der Waals surface area contributed by atoms with Crippen molar-refractivity contribution < 1.29 is 14.2 Å². The fourth-order valence-corrected chi connectivity index (χ4v) is 3.08. The van der Waals surface area contributed by atoms with Crippen LogP contribution in [-0.4, -0.2) is 26.9 Å². The van der Waals surface area contributed by atoms with Gasteiger partial charge in [0, 0.05) is 29.2 Å². The lowest BCUT2D eigenvalue weighted by molar-refractivity contribution is 0.237. The van der Waals surface area contributed by atoms with Crippen LogP contribution >= 0.6 is 11.6 Å². The molecule has 122 valence electrons. The minimum Gasteiger partial charge on any atom is -0.493 e. The Morgan fingerprint density at radius 2 is 2.04 bits per heavy atom. The van der Waals surface area contributed by atoms with Crippen LogP contribution in [0.4, 0.5) is 0 Å². The Hall–Kier alpha value is -1.91. The van der Waals surface area contributed by atoms with Gasteiger partial charge in [0.15, 0.2) is 11.5 Å². The van der Waals surface area contributed by atoms with Crippen LogP contribution in [0, 0.1) is 0 Å². The first-order chi connectivity index (χ1) is 11.2. The van der Waals surface area contributed by atoms with Crippen molar-refractivity contribution in [3.05, 3.63) is 52.5 Å². The van der Waals surface area contributed by atoms with E-state index in [0.717, 1.165) is 17.7 Å². The van der Waals surface area contributed by atoms with E-state index in [4.69, 9.17) is 25.8 Å². The van der Waals surface area contributed by atoms with Crippen LogP contribution in [-0.2, 0) is 13.0 Å². The maximum absolute atomic E-state index is 6.16. The molecule has 1 atom stereocenters. The summed E-state index contributed by atoms with van der Waals surface area (Å²) in [4.78, 5) is 0. The van der Waals surface area contributed by atoms with Gasteiger partial charge in [0.25, 0.3) is 0 Å². The van der Waals surface area contributed by atoms with Gasteiger partial charge in [-0.3, -0.25) is 0 Å². The van der Waals surface area contributed by atoms with E-state index in [-0.39, 0.29) is 6.04 Å². The van der Waals surface area contributed by atoms with E-state index < -0.39 is 0 Å². The number of hydrogen-bond acceptors (Lipinski definition) is 4. The van der Waals surface area contributed by atoms with Crippen LogP contribution in [0.5, 0.6) is 17.2 Å². The summed E-state index contributed by atoms with van der Waals surface area (Å²) in [7, 11) is 3.24. The molecular weight excluding hydrogens is 314 g/mol. The molecule has 0 bridgehead atoms. The molecule has 3 rings (SSSR count). The Balaban J connectivity index is 1.71. The number of fused-ring (bicyclic) bond motifs is 1. The second kappa shape index (κ2) is 7.11. The van der Waals surface area contributed by atoms with Gasteiger partial charge in [-0.25, -0.2) is 0 Å². The highest BCUT2D eigenvalue weighted by molar-refractivity contribution is 6.30. The molecule has 0 amide bonds. The van der Waals surface area contributed by atoms with Crippen LogP contribution in [0.1, 0.15) is 11.1 Å². The average molecular weight is 334 g/mol. The van der Waals surface area contributed by atoms with Crippen LogP contribution in [0.25, 0.3) is 0 Å². The minimum absolute atomic E-state index is 0.250. The van der Waals surface area contributed by atoms with Crippen molar-refractivity contribution >= 4 is 11.6 Å². The predicted octanol–water partition coefficient (Wildman–Crippen LogP) is 3.45. The van der Waals surface area contributed by atoms with Gasteiger partial charge in [-0.1, -0.05) is 29.8 Å². The lowest BCUT2D eigenvalue weighted by Crippen LogP contribution is -2.38. The highest BCUT2D eigenvalue weighted by atomic mass is 35.5. The number of halogens is 1. The molecule has 1 N–H and O–H groups in total. The molecule has 5 heteroatoms. The average Bonchev–Trinajstić information content (AvgIpc) is 2.59. The molecular formula is C18H20ClNO3. The lowest BCUT2D eigenvalue weighted by atomic mass is 10.0. The van der Waals surface area contributed by atoms with Crippen molar-refractivity contribution in [2.45, 2.75) is 19.0 Å². The Morgan fingerprint density at radius 1 is 1.22 bits per heavy atom. The van der Waals surface area contributed by atoms with Gasteiger partial charge in [0.2, 0.25) is 0 Å². The molecule has 0 radical (unpaired) electrons. The summed E-state index contributed by atoms with van der Waals surface area (Å²) in [6.45, 7) is 1.29. The van der Waals surface area contributed by atoms with E-state index in [2.05, 4.69) is 11.4 Å². The summed E-state index contributed by atoms with van der Waals surface area (Å²) in [5.74, 6) is 2.33. The van der Waals surface area contributed by atoms with Gasteiger partial charge >= 0.3 is 0 Å². The van der Waals surface area contributed by atoms with Gasteiger partial charge in [0.05, 0.1) is 14.2 Å².